The van der Waals surface area contributed by atoms with Crippen LogP contribution in [0.1, 0.15) is 30.3 Å². The maximum atomic E-state index is 11.8. The first-order valence-electron chi connectivity index (χ1n) is 5.17. The zero-order chi connectivity index (χ0) is 10.9. The summed E-state index contributed by atoms with van der Waals surface area (Å²) < 4.78 is 0. The average Bonchev–Trinajstić information content (AvgIpc) is 2.94. The third-order valence-electron chi connectivity index (χ3n) is 3.05. The standard InChI is InChI=1S/C10H16N4O.ClH/c1-10(6-11,7-2-3-7)13-9(15)8-4-5-12-14-8;/h4-5,7H,2-3,6,11H2,1H3,(H,12,14)(H,13,15);1H. The summed E-state index contributed by atoms with van der Waals surface area (Å²) in [6, 6.07) is 1.65. The number of nitrogens with zero attached hydrogens (tertiary/aromatic N) is 1. The van der Waals surface area contributed by atoms with Crippen molar-refractivity contribution in [3.05, 3.63) is 18.0 Å². The van der Waals surface area contributed by atoms with Gasteiger partial charge in [0.25, 0.3) is 5.91 Å². The highest BCUT2D eigenvalue weighted by Crippen LogP contribution is 2.39. The fraction of sp³-hybridized carbons (Fsp3) is 0.600. The van der Waals surface area contributed by atoms with Crippen LogP contribution in [0.25, 0.3) is 0 Å². The number of nitrogens with two attached hydrogens (primary N) is 1. The fourth-order valence-electron chi connectivity index (χ4n) is 1.75. The van der Waals surface area contributed by atoms with Gasteiger partial charge in [-0.1, -0.05) is 0 Å². The number of H-pyrrole nitrogens is 1. The molecule has 6 heteroatoms. The van der Waals surface area contributed by atoms with Gasteiger partial charge in [-0.15, -0.1) is 12.4 Å². The highest BCUT2D eigenvalue weighted by atomic mass is 35.5. The van der Waals surface area contributed by atoms with E-state index in [0.717, 1.165) is 12.8 Å². The van der Waals surface area contributed by atoms with E-state index in [-0.39, 0.29) is 23.9 Å². The van der Waals surface area contributed by atoms with E-state index in [0.29, 0.717) is 18.2 Å². The number of aromatic nitrogens is 2. The zero-order valence-electron chi connectivity index (χ0n) is 9.19. The number of aromatic amines is 1. The van der Waals surface area contributed by atoms with Crippen molar-refractivity contribution >= 4 is 18.3 Å². The quantitative estimate of drug-likeness (QED) is 0.729. The zero-order valence-corrected chi connectivity index (χ0v) is 10.0. The average molecular weight is 245 g/mol. The van der Waals surface area contributed by atoms with Crippen molar-refractivity contribution in [1.29, 1.82) is 0 Å². The number of amides is 1. The van der Waals surface area contributed by atoms with Crippen LogP contribution in [0.5, 0.6) is 0 Å². The van der Waals surface area contributed by atoms with Crippen LogP contribution >= 0.6 is 12.4 Å². The number of hydrogen-bond donors (Lipinski definition) is 3. The normalized spacial score (nSPS) is 18.4. The molecule has 16 heavy (non-hydrogen) atoms. The van der Waals surface area contributed by atoms with E-state index in [2.05, 4.69) is 15.5 Å². The van der Waals surface area contributed by atoms with E-state index in [1.165, 1.54) is 0 Å². The molecule has 4 N–H and O–H groups in total. The van der Waals surface area contributed by atoms with E-state index in [1.54, 1.807) is 12.3 Å². The van der Waals surface area contributed by atoms with Gasteiger partial charge in [0, 0.05) is 12.7 Å². The number of carbonyl (C=O) groups is 1. The smallest absolute Gasteiger partial charge is 0.269 e. The number of hydrogen-bond acceptors (Lipinski definition) is 3. The number of halogens is 1. The lowest BCUT2D eigenvalue weighted by Crippen LogP contribution is -2.53. The van der Waals surface area contributed by atoms with Gasteiger partial charge in [-0.2, -0.15) is 5.10 Å². The van der Waals surface area contributed by atoms with Gasteiger partial charge < -0.3 is 11.1 Å². The molecule has 1 amide bonds. The summed E-state index contributed by atoms with van der Waals surface area (Å²) in [7, 11) is 0. The van der Waals surface area contributed by atoms with E-state index < -0.39 is 0 Å². The maximum absolute atomic E-state index is 11.8. The molecule has 0 aromatic carbocycles. The summed E-state index contributed by atoms with van der Waals surface area (Å²) in [6.07, 6.45) is 3.86. The van der Waals surface area contributed by atoms with Gasteiger partial charge in [0.1, 0.15) is 5.69 Å². The lowest BCUT2D eigenvalue weighted by molar-refractivity contribution is 0.0892. The van der Waals surface area contributed by atoms with Crippen LogP contribution in [0.3, 0.4) is 0 Å². The van der Waals surface area contributed by atoms with Gasteiger partial charge in [-0.25, -0.2) is 0 Å². The molecular formula is C10H17ClN4O. The molecule has 1 aliphatic rings. The first kappa shape index (κ1) is 13.0. The largest absolute Gasteiger partial charge is 0.344 e. The molecule has 1 fully saturated rings. The lowest BCUT2D eigenvalue weighted by atomic mass is 9.96. The molecule has 1 aliphatic carbocycles. The Kier molecular flexibility index (Phi) is 3.93. The van der Waals surface area contributed by atoms with Crippen LogP contribution in [0.4, 0.5) is 0 Å². The molecule has 0 bridgehead atoms. The Morgan fingerprint density at radius 3 is 2.88 bits per heavy atom. The molecule has 1 heterocycles. The first-order valence-corrected chi connectivity index (χ1v) is 5.17. The molecule has 1 saturated carbocycles. The van der Waals surface area contributed by atoms with Crippen molar-refractivity contribution in [2.24, 2.45) is 11.7 Å². The SMILES string of the molecule is CC(CN)(NC(=O)c1ccn[nH]1)C1CC1.Cl. The van der Waals surface area contributed by atoms with Crippen molar-refractivity contribution in [2.75, 3.05) is 6.54 Å². The summed E-state index contributed by atoms with van der Waals surface area (Å²) >= 11 is 0. The van der Waals surface area contributed by atoms with E-state index in [4.69, 9.17) is 5.73 Å². The van der Waals surface area contributed by atoms with Gasteiger partial charge in [0.15, 0.2) is 0 Å². The molecule has 5 nitrogen and oxygen atoms in total. The predicted molar refractivity (Wildman–Crippen MR) is 63.5 cm³/mol. The third kappa shape index (κ3) is 2.54. The van der Waals surface area contributed by atoms with Crippen molar-refractivity contribution in [3.63, 3.8) is 0 Å². The van der Waals surface area contributed by atoms with Gasteiger partial charge >= 0.3 is 0 Å². The van der Waals surface area contributed by atoms with Crippen LogP contribution in [0.2, 0.25) is 0 Å². The maximum Gasteiger partial charge on any atom is 0.269 e. The number of carbonyl (C=O) groups excluding carboxylic acids is 1. The Bertz CT molecular complexity index is 350. The second-order valence-corrected chi connectivity index (χ2v) is 4.32. The Hall–Kier alpha value is -1.07. The van der Waals surface area contributed by atoms with Crippen LogP contribution < -0.4 is 11.1 Å². The minimum Gasteiger partial charge on any atom is -0.344 e. The summed E-state index contributed by atoms with van der Waals surface area (Å²) in [4.78, 5) is 11.8. The van der Waals surface area contributed by atoms with Crippen molar-refractivity contribution < 1.29 is 4.79 Å². The number of rotatable bonds is 4. The molecule has 1 atom stereocenters. The Balaban J connectivity index is 0.00000128. The van der Waals surface area contributed by atoms with Gasteiger partial charge in [0.2, 0.25) is 0 Å². The Morgan fingerprint density at radius 1 is 1.75 bits per heavy atom. The molecule has 0 saturated heterocycles. The van der Waals surface area contributed by atoms with E-state index in [1.807, 2.05) is 6.92 Å². The minimum absolute atomic E-state index is 0. The first-order chi connectivity index (χ1) is 7.15. The second-order valence-electron chi connectivity index (χ2n) is 4.32. The van der Waals surface area contributed by atoms with Crippen LogP contribution in [-0.4, -0.2) is 28.2 Å². The molecule has 0 spiro atoms. The fourth-order valence-corrected chi connectivity index (χ4v) is 1.75. The Morgan fingerprint density at radius 2 is 2.44 bits per heavy atom. The van der Waals surface area contributed by atoms with Gasteiger partial charge in [-0.05, 0) is 31.7 Å². The van der Waals surface area contributed by atoms with Crippen LogP contribution in [0, 0.1) is 5.92 Å². The summed E-state index contributed by atoms with van der Waals surface area (Å²) in [5.74, 6) is 0.390. The topological polar surface area (TPSA) is 83.8 Å². The highest BCUT2D eigenvalue weighted by molar-refractivity contribution is 5.92. The predicted octanol–water partition coefficient (Wildman–Crippen LogP) is 0.689. The van der Waals surface area contributed by atoms with E-state index >= 15 is 0 Å². The molecule has 0 aliphatic heterocycles. The van der Waals surface area contributed by atoms with Crippen LogP contribution in [-0.2, 0) is 0 Å². The van der Waals surface area contributed by atoms with Gasteiger partial charge in [-0.3, -0.25) is 9.89 Å². The molecule has 2 rings (SSSR count). The molecule has 1 aromatic heterocycles. The molecule has 1 unspecified atom stereocenters. The molecular weight excluding hydrogens is 228 g/mol. The van der Waals surface area contributed by atoms with Gasteiger partial charge in [0.05, 0.1) is 5.54 Å². The molecule has 1 aromatic rings. The molecule has 0 radical (unpaired) electrons. The minimum atomic E-state index is -0.276. The van der Waals surface area contributed by atoms with Crippen LogP contribution in [0.15, 0.2) is 12.3 Å². The summed E-state index contributed by atoms with van der Waals surface area (Å²) in [5.41, 5.74) is 5.92. The number of nitrogens with one attached hydrogen (secondary N) is 2. The highest BCUT2D eigenvalue weighted by Gasteiger charge is 2.41. The summed E-state index contributed by atoms with van der Waals surface area (Å²) in [6.45, 7) is 2.47. The van der Waals surface area contributed by atoms with Crippen molar-refractivity contribution in [3.8, 4) is 0 Å². The monoisotopic (exact) mass is 244 g/mol. The molecule has 90 valence electrons. The second kappa shape index (κ2) is 4.84. The van der Waals surface area contributed by atoms with Crippen molar-refractivity contribution in [2.45, 2.75) is 25.3 Å². The lowest BCUT2D eigenvalue weighted by Gasteiger charge is -2.29. The van der Waals surface area contributed by atoms with E-state index in [9.17, 15) is 4.79 Å². The Labute approximate surface area is 101 Å². The van der Waals surface area contributed by atoms with Crippen molar-refractivity contribution in [1.82, 2.24) is 15.5 Å². The summed E-state index contributed by atoms with van der Waals surface area (Å²) in [5, 5.41) is 9.35. The third-order valence-corrected chi connectivity index (χ3v) is 3.05.